The van der Waals surface area contributed by atoms with Crippen molar-refractivity contribution < 1.29 is 58.3 Å². The molecule has 2 N–H and O–H groups in total. The van der Waals surface area contributed by atoms with Crippen LogP contribution < -0.4 is 48.5 Å². The minimum Gasteiger partial charge on any atom is -1.00 e. The number of methoxy groups -OCH3 is 3. The molecule has 0 radical (unpaired) electrons. The Balaban J connectivity index is 0.00000308. The first kappa shape index (κ1) is 31.5. The van der Waals surface area contributed by atoms with Gasteiger partial charge >= 0.3 is 29.6 Å². The number of rotatable bonds is 10. The molecule has 0 atom stereocenters. The van der Waals surface area contributed by atoms with Crippen molar-refractivity contribution in [2.24, 2.45) is 0 Å². The standard InChI is InChI=1S/C27H26N6O6S.Na.H/c1-16(2)18-10-11-22(30-15-18)40(34,35)33-26-23(39-21-9-7-6-8-20(21)36-3)27(38-5)32-25(31-26)17-12-13-29-19(14-17)24(28)37-4;;/h6-15,28H,1H2,2-5H3,(H,31,32,33);;/q;+1;-1. The third-order valence-electron chi connectivity index (χ3n) is 5.50. The Morgan fingerprint density at radius 3 is 2.34 bits per heavy atom. The van der Waals surface area contributed by atoms with Crippen LogP contribution in [0.4, 0.5) is 5.82 Å². The zero-order valence-corrected chi connectivity index (χ0v) is 25.9. The van der Waals surface area contributed by atoms with Crippen molar-refractivity contribution >= 4 is 27.3 Å². The van der Waals surface area contributed by atoms with Crippen LogP contribution in [0.15, 0.2) is 72.5 Å². The fourth-order valence-electron chi connectivity index (χ4n) is 3.44. The van der Waals surface area contributed by atoms with Crippen molar-refractivity contribution in [2.75, 3.05) is 26.1 Å². The van der Waals surface area contributed by atoms with E-state index >= 15 is 0 Å². The number of ether oxygens (including phenoxy) is 4. The Labute approximate surface area is 261 Å². The second-order valence-electron chi connectivity index (χ2n) is 8.22. The molecule has 41 heavy (non-hydrogen) atoms. The van der Waals surface area contributed by atoms with Gasteiger partial charge < -0.3 is 20.4 Å². The molecule has 0 unspecified atom stereocenters. The normalized spacial score (nSPS) is 10.6. The Morgan fingerprint density at radius 1 is 1.00 bits per heavy atom. The maximum Gasteiger partial charge on any atom is 1.00 e. The summed E-state index contributed by atoms with van der Waals surface area (Å²) in [6.07, 6.45) is 2.86. The number of benzene rings is 1. The minimum absolute atomic E-state index is 0. The summed E-state index contributed by atoms with van der Waals surface area (Å²) < 4.78 is 51.1. The molecular formula is C27H27N6NaO6S. The van der Waals surface area contributed by atoms with Crippen LogP contribution >= 0.6 is 0 Å². The van der Waals surface area contributed by atoms with E-state index < -0.39 is 10.0 Å². The molecule has 0 spiro atoms. The van der Waals surface area contributed by atoms with E-state index in [-0.39, 0.29) is 76.6 Å². The molecule has 3 aromatic heterocycles. The summed E-state index contributed by atoms with van der Waals surface area (Å²) in [5.74, 6) is 0.144. The van der Waals surface area contributed by atoms with E-state index in [0.29, 0.717) is 16.9 Å². The maximum atomic E-state index is 13.4. The van der Waals surface area contributed by atoms with Crippen LogP contribution in [0.5, 0.6) is 23.1 Å². The van der Waals surface area contributed by atoms with Crippen LogP contribution in [0, 0.1) is 5.41 Å². The van der Waals surface area contributed by atoms with Gasteiger partial charge in [-0.15, -0.1) is 0 Å². The molecule has 1 aromatic carbocycles. The average molecular weight is 587 g/mol. The van der Waals surface area contributed by atoms with Crippen LogP contribution in [0.25, 0.3) is 17.0 Å². The quantitative estimate of drug-likeness (QED) is 0.159. The van der Waals surface area contributed by atoms with Crippen molar-refractivity contribution in [3.63, 3.8) is 0 Å². The average Bonchev–Trinajstić information content (AvgIpc) is 2.97. The second kappa shape index (κ2) is 13.5. The molecule has 0 aliphatic rings. The molecule has 0 bridgehead atoms. The second-order valence-corrected chi connectivity index (χ2v) is 9.85. The third kappa shape index (κ3) is 7.19. The number of nitrogens with zero attached hydrogens (tertiary/aromatic N) is 4. The van der Waals surface area contributed by atoms with Crippen molar-refractivity contribution in [3.8, 4) is 34.5 Å². The fourth-order valence-corrected chi connectivity index (χ4v) is 4.38. The van der Waals surface area contributed by atoms with E-state index in [9.17, 15) is 8.42 Å². The summed E-state index contributed by atoms with van der Waals surface area (Å²) >= 11 is 0. The van der Waals surface area contributed by atoms with E-state index in [1.165, 1.54) is 45.9 Å². The number of hydrogen-bond acceptors (Lipinski definition) is 11. The molecule has 4 rings (SSSR count). The number of hydrogen-bond donors (Lipinski definition) is 2. The maximum absolute atomic E-state index is 13.4. The zero-order chi connectivity index (χ0) is 28.9. The van der Waals surface area contributed by atoms with E-state index in [1.54, 1.807) is 43.3 Å². The molecule has 3 heterocycles. The Bertz CT molecular complexity index is 1690. The predicted molar refractivity (Wildman–Crippen MR) is 150 cm³/mol. The molecule has 0 saturated carbocycles. The van der Waals surface area contributed by atoms with Crippen molar-refractivity contribution in [3.05, 3.63) is 78.8 Å². The van der Waals surface area contributed by atoms with Crippen LogP contribution in [-0.4, -0.2) is 55.6 Å². The monoisotopic (exact) mass is 586 g/mol. The number of nitrogens with one attached hydrogen (secondary N) is 2. The Morgan fingerprint density at radius 2 is 1.73 bits per heavy atom. The molecule has 4 aromatic rings. The smallest absolute Gasteiger partial charge is 1.00 e. The minimum atomic E-state index is -4.25. The summed E-state index contributed by atoms with van der Waals surface area (Å²) in [6.45, 7) is 5.63. The van der Waals surface area contributed by atoms with Gasteiger partial charge in [-0.3, -0.25) is 15.1 Å². The number of aromatic nitrogens is 4. The molecule has 0 aliphatic carbocycles. The van der Waals surface area contributed by atoms with E-state index in [1.807, 2.05) is 0 Å². The van der Waals surface area contributed by atoms with Crippen LogP contribution in [0.3, 0.4) is 0 Å². The van der Waals surface area contributed by atoms with Gasteiger partial charge in [0, 0.05) is 18.0 Å². The number of anilines is 1. The summed E-state index contributed by atoms with van der Waals surface area (Å²) in [5.41, 5.74) is 2.07. The molecule has 0 amide bonds. The first-order chi connectivity index (χ1) is 19.2. The Hall–Kier alpha value is -4.04. The van der Waals surface area contributed by atoms with Gasteiger partial charge in [-0.1, -0.05) is 24.8 Å². The summed E-state index contributed by atoms with van der Waals surface area (Å²) in [5, 5.41) is 7.67. The number of sulfonamides is 1. The van der Waals surface area contributed by atoms with Gasteiger partial charge in [0.05, 0.1) is 21.3 Å². The largest absolute Gasteiger partial charge is 1.00 e. The van der Waals surface area contributed by atoms with Crippen LogP contribution in [-0.2, 0) is 14.8 Å². The third-order valence-corrected chi connectivity index (χ3v) is 6.75. The molecule has 0 fully saturated rings. The molecule has 0 saturated heterocycles. The van der Waals surface area contributed by atoms with Gasteiger partial charge in [0.2, 0.25) is 11.6 Å². The van der Waals surface area contributed by atoms with E-state index in [2.05, 4.69) is 31.2 Å². The van der Waals surface area contributed by atoms with Crippen LogP contribution in [0.2, 0.25) is 0 Å². The molecule has 12 nitrogen and oxygen atoms in total. The molecule has 14 heteroatoms. The van der Waals surface area contributed by atoms with Gasteiger partial charge in [-0.25, -0.2) is 9.97 Å². The molecule has 0 aliphatic heterocycles. The Kier molecular flexibility index (Phi) is 10.4. The SMILES string of the molecule is C=C(C)c1ccc(S(=O)(=O)Nc2nc(-c3ccnc(C(=N)OC)c3)nc(OC)c2Oc2ccccc2OC)nc1.[H-].[Na+]. The van der Waals surface area contributed by atoms with Crippen LogP contribution in [0.1, 0.15) is 19.6 Å². The number of pyridine rings is 2. The predicted octanol–water partition coefficient (Wildman–Crippen LogP) is 1.67. The summed E-state index contributed by atoms with van der Waals surface area (Å²) in [6, 6.07) is 12.9. The topological polar surface area (TPSA) is 158 Å². The first-order valence-electron chi connectivity index (χ1n) is 11.7. The van der Waals surface area contributed by atoms with Gasteiger partial charge in [-0.05, 0) is 48.4 Å². The van der Waals surface area contributed by atoms with E-state index in [4.69, 9.17) is 24.4 Å². The van der Waals surface area contributed by atoms with Crippen molar-refractivity contribution in [1.29, 1.82) is 5.41 Å². The van der Waals surface area contributed by atoms with Gasteiger partial charge in [0.25, 0.3) is 15.9 Å². The summed E-state index contributed by atoms with van der Waals surface area (Å²) in [7, 11) is -0.0680. The fraction of sp³-hybridized carbons (Fsp3) is 0.148. The van der Waals surface area contributed by atoms with Gasteiger partial charge in [0.15, 0.2) is 28.2 Å². The summed E-state index contributed by atoms with van der Waals surface area (Å²) in [4.78, 5) is 17.1. The van der Waals surface area contributed by atoms with Crippen molar-refractivity contribution in [2.45, 2.75) is 11.9 Å². The first-order valence-corrected chi connectivity index (χ1v) is 13.2. The van der Waals surface area contributed by atoms with Gasteiger partial charge in [-0.2, -0.15) is 13.4 Å². The van der Waals surface area contributed by atoms with Crippen molar-refractivity contribution in [1.82, 2.24) is 19.9 Å². The molecule has 208 valence electrons. The zero-order valence-electron chi connectivity index (χ0n) is 24.1. The number of allylic oxidation sites excluding steroid dienone is 1. The number of para-hydroxylation sites is 2. The van der Waals surface area contributed by atoms with E-state index in [0.717, 1.165) is 5.57 Å². The van der Waals surface area contributed by atoms with Gasteiger partial charge in [0.1, 0.15) is 5.69 Å². The molecular weight excluding hydrogens is 559 g/mol.